The van der Waals surface area contributed by atoms with E-state index in [1.54, 1.807) is 11.3 Å². The van der Waals surface area contributed by atoms with Gasteiger partial charge < -0.3 is 9.64 Å². The maximum Gasteiger partial charge on any atom is 0.187 e. The number of thiazole rings is 1. The van der Waals surface area contributed by atoms with Crippen molar-refractivity contribution in [2.45, 2.75) is 20.8 Å². The standard InChI is InChI=1S/C11H12Br2N4OS.C2H6/c1-7-9(12)17(10(13)14-7)8-6-19-11(15-8)16-2-4-18-5-3-16;1-2/h6H,2-5H2,1H3;1-2H3. The summed E-state index contributed by atoms with van der Waals surface area (Å²) in [4.78, 5) is 11.3. The van der Waals surface area contributed by atoms with Crippen LogP contribution in [0.25, 0.3) is 5.82 Å². The molecule has 0 aliphatic carbocycles. The van der Waals surface area contributed by atoms with Crippen LogP contribution in [0.4, 0.5) is 5.13 Å². The zero-order valence-corrected chi connectivity index (χ0v) is 16.3. The molecule has 0 unspecified atom stereocenters. The summed E-state index contributed by atoms with van der Waals surface area (Å²) in [5.41, 5.74) is 0.938. The fraction of sp³-hybridized carbons (Fsp3) is 0.538. The number of morpholine rings is 1. The quantitative estimate of drug-likeness (QED) is 0.711. The highest BCUT2D eigenvalue weighted by molar-refractivity contribution is 9.11. The Bertz CT molecular complexity index is 593. The molecule has 0 aromatic carbocycles. The van der Waals surface area contributed by atoms with Gasteiger partial charge in [0, 0.05) is 18.5 Å². The Hall–Kier alpha value is -0.440. The van der Waals surface area contributed by atoms with Crippen LogP contribution in [-0.4, -0.2) is 40.8 Å². The van der Waals surface area contributed by atoms with Crippen LogP contribution in [0.15, 0.2) is 14.7 Å². The first-order chi connectivity index (χ1) is 10.2. The SMILES string of the molecule is CC.Cc1nc(Br)n(-c2csc(N3CCOCC3)n2)c1Br. The zero-order chi connectivity index (χ0) is 15.4. The molecule has 0 spiro atoms. The van der Waals surface area contributed by atoms with E-state index in [1.807, 2.05) is 30.7 Å². The maximum absolute atomic E-state index is 5.36. The van der Waals surface area contributed by atoms with E-state index in [0.717, 1.165) is 52.3 Å². The van der Waals surface area contributed by atoms with E-state index in [1.165, 1.54) is 0 Å². The number of ether oxygens (including phenoxy) is 1. The summed E-state index contributed by atoms with van der Waals surface area (Å²) < 4.78 is 9.00. The molecule has 1 aliphatic rings. The van der Waals surface area contributed by atoms with Crippen molar-refractivity contribution in [2.24, 2.45) is 0 Å². The summed E-state index contributed by atoms with van der Waals surface area (Å²) in [7, 11) is 0. The van der Waals surface area contributed by atoms with Crippen LogP contribution >= 0.6 is 43.2 Å². The molecule has 0 saturated carbocycles. The minimum absolute atomic E-state index is 0.760. The number of rotatable bonds is 2. The molecule has 1 aliphatic heterocycles. The Balaban J connectivity index is 0.000000774. The van der Waals surface area contributed by atoms with Gasteiger partial charge in [0.1, 0.15) is 4.60 Å². The van der Waals surface area contributed by atoms with E-state index in [0.29, 0.717) is 0 Å². The molecule has 8 heteroatoms. The number of hydrogen-bond acceptors (Lipinski definition) is 5. The molecular formula is C13H18Br2N4OS. The smallest absolute Gasteiger partial charge is 0.187 e. The second kappa shape index (κ2) is 7.71. The highest BCUT2D eigenvalue weighted by Gasteiger charge is 2.18. The minimum atomic E-state index is 0.760. The van der Waals surface area contributed by atoms with Gasteiger partial charge in [0.2, 0.25) is 0 Å². The van der Waals surface area contributed by atoms with Crippen LogP contribution in [-0.2, 0) is 4.74 Å². The third kappa shape index (κ3) is 3.67. The first kappa shape index (κ1) is 16.9. The Morgan fingerprint density at radius 2 is 1.86 bits per heavy atom. The lowest BCUT2D eigenvalue weighted by Crippen LogP contribution is -2.36. The number of aryl methyl sites for hydroxylation is 1. The summed E-state index contributed by atoms with van der Waals surface area (Å²) >= 11 is 8.65. The van der Waals surface area contributed by atoms with Crippen molar-refractivity contribution >= 4 is 48.3 Å². The number of halogens is 2. The third-order valence-electron chi connectivity index (χ3n) is 2.93. The minimum Gasteiger partial charge on any atom is -0.378 e. The van der Waals surface area contributed by atoms with Crippen molar-refractivity contribution in [3.63, 3.8) is 0 Å². The Morgan fingerprint density at radius 1 is 1.19 bits per heavy atom. The van der Waals surface area contributed by atoms with Crippen molar-refractivity contribution in [2.75, 3.05) is 31.2 Å². The van der Waals surface area contributed by atoms with E-state index in [2.05, 4.69) is 41.7 Å². The van der Waals surface area contributed by atoms with Gasteiger partial charge in [0.25, 0.3) is 0 Å². The van der Waals surface area contributed by atoms with E-state index >= 15 is 0 Å². The van der Waals surface area contributed by atoms with Crippen LogP contribution in [0.5, 0.6) is 0 Å². The van der Waals surface area contributed by atoms with Crippen molar-refractivity contribution in [3.8, 4) is 5.82 Å². The van der Waals surface area contributed by atoms with Crippen molar-refractivity contribution < 1.29 is 4.74 Å². The second-order valence-electron chi connectivity index (χ2n) is 4.18. The lowest BCUT2D eigenvalue weighted by molar-refractivity contribution is 0.122. The van der Waals surface area contributed by atoms with Crippen LogP contribution in [0, 0.1) is 6.92 Å². The van der Waals surface area contributed by atoms with E-state index < -0.39 is 0 Å². The van der Waals surface area contributed by atoms with Gasteiger partial charge in [-0.1, -0.05) is 13.8 Å². The molecule has 1 saturated heterocycles. The van der Waals surface area contributed by atoms with Crippen molar-refractivity contribution in [1.82, 2.24) is 14.5 Å². The number of nitrogens with zero attached hydrogens (tertiary/aromatic N) is 4. The highest BCUT2D eigenvalue weighted by Crippen LogP contribution is 2.30. The topological polar surface area (TPSA) is 43.2 Å². The fourth-order valence-corrected chi connectivity index (χ4v) is 4.08. The normalized spacial score (nSPS) is 14.8. The van der Waals surface area contributed by atoms with E-state index in [-0.39, 0.29) is 0 Å². The van der Waals surface area contributed by atoms with Crippen LogP contribution in [0.1, 0.15) is 19.5 Å². The first-order valence-electron chi connectivity index (χ1n) is 6.86. The monoisotopic (exact) mass is 436 g/mol. The maximum atomic E-state index is 5.36. The predicted octanol–water partition coefficient (Wildman–Crippen LogP) is 4.03. The molecule has 3 rings (SSSR count). The molecule has 2 aromatic heterocycles. The molecule has 0 bridgehead atoms. The van der Waals surface area contributed by atoms with Gasteiger partial charge in [0.05, 0.1) is 18.9 Å². The molecule has 2 aromatic rings. The molecular weight excluding hydrogens is 420 g/mol. The molecule has 1 fully saturated rings. The Morgan fingerprint density at radius 3 is 2.43 bits per heavy atom. The number of aromatic nitrogens is 3. The average Bonchev–Trinajstić information content (AvgIpc) is 3.08. The number of hydrogen-bond donors (Lipinski definition) is 0. The molecule has 3 heterocycles. The second-order valence-corrected chi connectivity index (χ2v) is 6.48. The fourth-order valence-electron chi connectivity index (χ4n) is 1.93. The summed E-state index contributed by atoms with van der Waals surface area (Å²) in [6, 6.07) is 0. The van der Waals surface area contributed by atoms with Crippen molar-refractivity contribution in [3.05, 3.63) is 20.4 Å². The summed E-state index contributed by atoms with van der Waals surface area (Å²) in [6.45, 7) is 9.30. The molecule has 116 valence electrons. The molecule has 0 radical (unpaired) electrons. The first-order valence-corrected chi connectivity index (χ1v) is 9.32. The summed E-state index contributed by atoms with van der Waals surface area (Å²) in [5, 5.41) is 3.07. The molecule has 0 atom stereocenters. The van der Waals surface area contributed by atoms with Crippen molar-refractivity contribution in [1.29, 1.82) is 0 Å². The lowest BCUT2D eigenvalue weighted by atomic mass is 10.5. The summed E-state index contributed by atoms with van der Waals surface area (Å²) in [6.07, 6.45) is 0. The number of anilines is 1. The van der Waals surface area contributed by atoms with E-state index in [4.69, 9.17) is 9.72 Å². The Labute approximate surface area is 145 Å². The van der Waals surface area contributed by atoms with Gasteiger partial charge in [-0.25, -0.2) is 9.97 Å². The lowest BCUT2D eigenvalue weighted by Gasteiger charge is -2.25. The molecule has 21 heavy (non-hydrogen) atoms. The average molecular weight is 438 g/mol. The summed E-state index contributed by atoms with van der Waals surface area (Å²) in [5.74, 6) is 0.880. The molecule has 0 N–H and O–H groups in total. The predicted molar refractivity (Wildman–Crippen MR) is 93.8 cm³/mol. The molecule has 0 amide bonds. The van der Waals surface area contributed by atoms with Gasteiger partial charge in [-0.2, -0.15) is 0 Å². The largest absolute Gasteiger partial charge is 0.378 e. The third-order valence-corrected chi connectivity index (χ3v) is 5.28. The van der Waals surface area contributed by atoms with Gasteiger partial charge in [-0.05, 0) is 38.8 Å². The van der Waals surface area contributed by atoms with Gasteiger partial charge in [-0.15, -0.1) is 11.3 Å². The zero-order valence-electron chi connectivity index (χ0n) is 12.3. The highest BCUT2D eigenvalue weighted by atomic mass is 79.9. The van der Waals surface area contributed by atoms with Gasteiger partial charge in [-0.3, -0.25) is 4.57 Å². The van der Waals surface area contributed by atoms with Gasteiger partial charge in [0.15, 0.2) is 15.7 Å². The van der Waals surface area contributed by atoms with Crippen LogP contribution in [0.3, 0.4) is 0 Å². The van der Waals surface area contributed by atoms with Crippen LogP contribution < -0.4 is 4.90 Å². The van der Waals surface area contributed by atoms with Gasteiger partial charge >= 0.3 is 0 Å². The van der Waals surface area contributed by atoms with Crippen LogP contribution in [0.2, 0.25) is 0 Å². The number of imidazole rings is 1. The Kier molecular flexibility index (Phi) is 6.21. The molecule has 5 nitrogen and oxygen atoms in total. The van der Waals surface area contributed by atoms with E-state index in [9.17, 15) is 0 Å².